The minimum absolute atomic E-state index is 0.00454. The predicted molar refractivity (Wildman–Crippen MR) is 148 cm³/mol. The quantitative estimate of drug-likeness (QED) is 0.116. The second-order valence-corrected chi connectivity index (χ2v) is 9.86. The van der Waals surface area contributed by atoms with Crippen molar-refractivity contribution in [1.82, 2.24) is 30.2 Å². The Bertz CT molecular complexity index is 668. The van der Waals surface area contributed by atoms with Gasteiger partial charge < -0.3 is 30.4 Å². The fraction of sp³-hybridized carbons (Fsp3) is 0.846. The fourth-order valence-corrected chi connectivity index (χ4v) is 4.24. The first-order valence-corrected chi connectivity index (χ1v) is 14.2. The van der Waals surface area contributed by atoms with Crippen LogP contribution < -0.4 is 10.6 Å². The molecule has 1 amide bonds. The highest BCUT2D eigenvalue weighted by Crippen LogP contribution is 2.01. The number of aldehydes is 1. The maximum absolute atomic E-state index is 11.9. The van der Waals surface area contributed by atoms with E-state index in [0.717, 1.165) is 19.1 Å². The van der Waals surface area contributed by atoms with Gasteiger partial charge >= 0.3 is 11.9 Å². The van der Waals surface area contributed by atoms with Crippen molar-refractivity contribution in [2.75, 3.05) is 105 Å². The van der Waals surface area contributed by atoms with E-state index in [0.29, 0.717) is 91.8 Å². The van der Waals surface area contributed by atoms with Crippen molar-refractivity contribution in [3.63, 3.8) is 0 Å². The van der Waals surface area contributed by atoms with Gasteiger partial charge in [0.2, 0.25) is 5.91 Å². The molecule has 0 aliphatic carbocycles. The van der Waals surface area contributed by atoms with Crippen LogP contribution in [0.1, 0.15) is 39.0 Å². The Labute approximate surface area is 232 Å². The molecule has 0 bridgehead atoms. The van der Waals surface area contributed by atoms with E-state index >= 15 is 0 Å². The molecule has 1 heterocycles. The molecule has 1 aliphatic rings. The second-order valence-electron chi connectivity index (χ2n) is 9.86. The molecular weight excluding hydrogens is 508 g/mol. The van der Waals surface area contributed by atoms with Gasteiger partial charge in [0.25, 0.3) is 0 Å². The van der Waals surface area contributed by atoms with Crippen molar-refractivity contribution in [3.05, 3.63) is 0 Å². The topological polar surface area (TPSA) is 155 Å². The Balaban J connectivity index is 2.48. The smallest absolute Gasteiger partial charge is 0.317 e. The van der Waals surface area contributed by atoms with Crippen LogP contribution in [0.25, 0.3) is 0 Å². The summed E-state index contributed by atoms with van der Waals surface area (Å²) in [4.78, 5) is 53.5. The summed E-state index contributed by atoms with van der Waals surface area (Å²) in [5.74, 6) is -1.79. The Morgan fingerprint density at radius 3 is 1.87 bits per heavy atom. The zero-order valence-corrected chi connectivity index (χ0v) is 23.7. The summed E-state index contributed by atoms with van der Waals surface area (Å²) in [6.45, 7) is 9.21. The molecule has 39 heavy (non-hydrogen) atoms. The average molecular weight is 559 g/mol. The largest absolute Gasteiger partial charge is 0.480 e. The number of carboxylic acids is 2. The van der Waals surface area contributed by atoms with Gasteiger partial charge in [0.15, 0.2) is 0 Å². The lowest BCUT2D eigenvalue weighted by Gasteiger charge is -2.33. The maximum Gasteiger partial charge on any atom is 0.317 e. The number of nitrogens with one attached hydrogen (secondary N) is 2. The van der Waals surface area contributed by atoms with Crippen LogP contribution in [0.3, 0.4) is 0 Å². The van der Waals surface area contributed by atoms with Crippen LogP contribution in [0.5, 0.6) is 0 Å². The molecule has 1 aliphatic heterocycles. The number of hydrogen-bond donors (Lipinski definition) is 4. The molecule has 1 fully saturated rings. The summed E-state index contributed by atoms with van der Waals surface area (Å²) in [6, 6.07) is 0. The summed E-state index contributed by atoms with van der Waals surface area (Å²) in [6.07, 6.45) is 5.64. The third-order valence-electron chi connectivity index (χ3n) is 6.56. The molecule has 0 saturated carbocycles. The average Bonchev–Trinajstić information content (AvgIpc) is 2.88. The molecule has 0 unspecified atom stereocenters. The predicted octanol–water partition coefficient (Wildman–Crippen LogP) is -0.774. The maximum atomic E-state index is 11.9. The molecule has 0 aromatic heterocycles. The van der Waals surface area contributed by atoms with E-state index in [2.05, 4.69) is 22.5 Å². The fourth-order valence-electron chi connectivity index (χ4n) is 4.24. The summed E-state index contributed by atoms with van der Waals surface area (Å²) in [5.41, 5.74) is 0. The SMILES string of the molecule is CCCCCCNC(=O)CCOCCNCN1CCN(CC(=O)O)CCN(CC=O)CCN(CC(=O)O)CC1. The first-order chi connectivity index (χ1) is 18.8. The van der Waals surface area contributed by atoms with E-state index in [1.54, 1.807) is 0 Å². The number of unbranched alkanes of at least 4 members (excludes halogenated alkanes) is 3. The summed E-state index contributed by atoms with van der Waals surface area (Å²) in [5, 5.41) is 24.9. The minimum atomic E-state index is -0.899. The number of carboxylic acid groups (broad SMARTS) is 2. The zero-order chi connectivity index (χ0) is 28.7. The van der Waals surface area contributed by atoms with Gasteiger partial charge in [0.05, 0.1) is 32.8 Å². The number of amides is 1. The van der Waals surface area contributed by atoms with E-state index in [4.69, 9.17) is 4.74 Å². The van der Waals surface area contributed by atoms with Gasteiger partial charge in [0, 0.05) is 78.5 Å². The van der Waals surface area contributed by atoms with Crippen molar-refractivity contribution in [2.24, 2.45) is 0 Å². The molecule has 1 rings (SSSR count). The molecule has 13 heteroatoms. The standard InChI is InChI=1S/C26H50N6O7/c1-2-3-4-5-7-28-24(34)6-19-39-20-8-27-23-32-15-13-30(21-25(35)36)11-9-29(17-18-33)10-12-31(14-16-32)22-26(37)38/h18,27H,2-17,19-23H2,1H3,(H,28,34)(H,35,36)(H,37,38). The molecular formula is C26H50N6O7. The molecule has 0 radical (unpaired) electrons. The number of ether oxygens (including phenoxy) is 1. The molecule has 0 aromatic carbocycles. The number of nitrogens with zero attached hydrogens (tertiary/aromatic N) is 4. The van der Waals surface area contributed by atoms with Crippen LogP contribution in [0.2, 0.25) is 0 Å². The molecule has 0 atom stereocenters. The van der Waals surface area contributed by atoms with Crippen LogP contribution in [-0.4, -0.2) is 159 Å². The Hall–Kier alpha value is -2.16. The lowest BCUT2D eigenvalue weighted by Crippen LogP contribution is -2.49. The molecule has 0 aromatic rings. The lowest BCUT2D eigenvalue weighted by molar-refractivity contribution is -0.139. The molecule has 226 valence electrons. The van der Waals surface area contributed by atoms with Crippen LogP contribution in [0.4, 0.5) is 0 Å². The first-order valence-electron chi connectivity index (χ1n) is 14.2. The molecule has 0 spiro atoms. The van der Waals surface area contributed by atoms with E-state index in [1.165, 1.54) is 12.8 Å². The zero-order valence-electron chi connectivity index (χ0n) is 23.7. The van der Waals surface area contributed by atoms with Crippen LogP contribution >= 0.6 is 0 Å². The Morgan fingerprint density at radius 1 is 0.769 bits per heavy atom. The first kappa shape index (κ1) is 34.9. The highest BCUT2D eigenvalue weighted by atomic mass is 16.5. The summed E-state index contributed by atoms with van der Waals surface area (Å²) in [7, 11) is 0. The van der Waals surface area contributed by atoms with Gasteiger partial charge in [-0.3, -0.25) is 34.0 Å². The number of rotatable bonds is 19. The lowest BCUT2D eigenvalue weighted by atomic mass is 10.2. The third kappa shape index (κ3) is 19.5. The highest BCUT2D eigenvalue weighted by Gasteiger charge is 2.18. The van der Waals surface area contributed by atoms with Crippen molar-refractivity contribution in [1.29, 1.82) is 0 Å². The number of carbonyl (C=O) groups excluding carboxylic acids is 2. The molecule has 4 N–H and O–H groups in total. The van der Waals surface area contributed by atoms with Crippen LogP contribution in [0.15, 0.2) is 0 Å². The van der Waals surface area contributed by atoms with Gasteiger partial charge in [0.1, 0.15) is 6.29 Å². The number of aliphatic carboxylic acids is 2. The van der Waals surface area contributed by atoms with Crippen molar-refractivity contribution < 1.29 is 34.1 Å². The number of hydrogen-bond acceptors (Lipinski definition) is 10. The van der Waals surface area contributed by atoms with E-state index in [-0.39, 0.29) is 25.5 Å². The number of carbonyl (C=O) groups is 4. The Kier molecular flexibility index (Phi) is 20.2. The monoisotopic (exact) mass is 558 g/mol. The van der Waals surface area contributed by atoms with Crippen molar-refractivity contribution in [2.45, 2.75) is 39.0 Å². The van der Waals surface area contributed by atoms with E-state index < -0.39 is 11.9 Å². The van der Waals surface area contributed by atoms with Crippen LogP contribution in [-0.2, 0) is 23.9 Å². The van der Waals surface area contributed by atoms with Gasteiger partial charge in [-0.2, -0.15) is 0 Å². The van der Waals surface area contributed by atoms with Gasteiger partial charge in [-0.05, 0) is 6.42 Å². The van der Waals surface area contributed by atoms with E-state index in [1.807, 2.05) is 14.7 Å². The molecule has 13 nitrogen and oxygen atoms in total. The van der Waals surface area contributed by atoms with Gasteiger partial charge in [-0.25, -0.2) is 0 Å². The van der Waals surface area contributed by atoms with Crippen molar-refractivity contribution in [3.8, 4) is 0 Å². The van der Waals surface area contributed by atoms with Crippen LogP contribution in [0, 0.1) is 0 Å². The summed E-state index contributed by atoms with van der Waals surface area (Å²) < 4.78 is 5.58. The van der Waals surface area contributed by atoms with E-state index in [9.17, 15) is 29.4 Å². The van der Waals surface area contributed by atoms with Gasteiger partial charge in [-0.15, -0.1) is 0 Å². The van der Waals surface area contributed by atoms with Gasteiger partial charge in [-0.1, -0.05) is 26.2 Å². The Morgan fingerprint density at radius 2 is 1.33 bits per heavy atom. The normalized spacial score (nSPS) is 17.3. The third-order valence-corrected chi connectivity index (χ3v) is 6.56. The minimum Gasteiger partial charge on any atom is -0.480 e. The molecule has 1 saturated heterocycles. The van der Waals surface area contributed by atoms with Crippen molar-refractivity contribution >= 4 is 24.1 Å². The highest BCUT2D eigenvalue weighted by molar-refractivity contribution is 5.75. The summed E-state index contributed by atoms with van der Waals surface area (Å²) >= 11 is 0. The second kappa shape index (κ2) is 22.6.